The third kappa shape index (κ3) is 7.02. The average Bonchev–Trinajstić information content (AvgIpc) is 3.21. The van der Waals surface area contributed by atoms with Gasteiger partial charge in [0.25, 0.3) is 5.91 Å². The maximum Gasteiger partial charge on any atom is 0.286 e. The summed E-state index contributed by atoms with van der Waals surface area (Å²) in [5, 5.41) is 13.6. The van der Waals surface area contributed by atoms with Gasteiger partial charge in [0.1, 0.15) is 24.0 Å². The van der Waals surface area contributed by atoms with Crippen LogP contribution in [0, 0.1) is 5.82 Å². The normalized spacial score (nSPS) is 10.6. The Labute approximate surface area is 177 Å². The van der Waals surface area contributed by atoms with Crippen molar-refractivity contribution in [2.45, 2.75) is 19.4 Å². The summed E-state index contributed by atoms with van der Waals surface area (Å²) in [5.41, 5.74) is 1.56. The number of rotatable bonds is 10. The molecule has 3 aromatic rings. The molecular formula is C21H21FN4O3S. The Kier molecular flexibility index (Phi) is 7.99. The molecule has 0 radical (unpaired) electrons. The molecule has 0 aliphatic heterocycles. The van der Waals surface area contributed by atoms with Gasteiger partial charge in [-0.05, 0) is 36.6 Å². The molecule has 3 rings (SSSR count). The molecule has 0 aliphatic carbocycles. The lowest BCUT2D eigenvalue weighted by Gasteiger charge is -2.05. The molecule has 0 saturated heterocycles. The van der Waals surface area contributed by atoms with Crippen LogP contribution in [0.25, 0.3) is 0 Å². The number of amides is 2. The van der Waals surface area contributed by atoms with Gasteiger partial charge in [-0.15, -0.1) is 10.2 Å². The number of aryl methyl sites for hydroxylation is 1. The zero-order valence-corrected chi connectivity index (χ0v) is 17.0. The van der Waals surface area contributed by atoms with Gasteiger partial charge < -0.3 is 15.4 Å². The van der Waals surface area contributed by atoms with Crippen molar-refractivity contribution in [3.05, 3.63) is 76.0 Å². The van der Waals surface area contributed by atoms with Crippen LogP contribution < -0.4 is 10.6 Å². The minimum absolute atomic E-state index is 0.0718. The third-order valence-corrected chi connectivity index (χ3v) is 4.91. The van der Waals surface area contributed by atoms with Crippen molar-refractivity contribution < 1.29 is 18.7 Å². The van der Waals surface area contributed by atoms with Crippen molar-refractivity contribution in [2.24, 2.45) is 0 Å². The van der Waals surface area contributed by atoms with Gasteiger partial charge in [-0.2, -0.15) is 0 Å². The summed E-state index contributed by atoms with van der Waals surface area (Å²) in [5.74, 6) is -1.14. The number of ether oxygens (including phenoxy) is 1. The third-order valence-electron chi connectivity index (χ3n) is 4.01. The first-order chi connectivity index (χ1) is 14.6. The lowest BCUT2D eigenvalue weighted by Crippen LogP contribution is -2.28. The largest absolute Gasteiger partial charge is 0.364 e. The molecule has 0 bridgehead atoms. The summed E-state index contributed by atoms with van der Waals surface area (Å²) in [6.45, 7) is 0.540. The Hall–Kier alpha value is -3.17. The predicted molar refractivity (Wildman–Crippen MR) is 112 cm³/mol. The Morgan fingerprint density at radius 3 is 2.70 bits per heavy atom. The number of hydrogen-bond donors (Lipinski definition) is 2. The number of halogens is 1. The molecule has 0 atom stereocenters. The maximum atomic E-state index is 13.2. The lowest BCUT2D eigenvalue weighted by molar-refractivity contribution is -0.126. The van der Waals surface area contributed by atoms with E-state index in [1.807, 2.05) is 18.2 Å². The van der Waals surface area contributed by atoms with Gasteiger partial charge >= 0.3 is 0 Å². The number of hydrogen-bond acceptors (Lipinski definition) is 6. The van der Waals surface area contributed by atoms with Gasteiger partial charge in [0.15, 0.2) is 0 Å². The molecule has 0 aliphatic rings. The summed E-state index contributed by atoms with van der Waals surface area (Å²) in [7, 11) is 0. The molecule has 2 amide bonds. The minimum atomic E-state index is -0.486. The number of nitrogens with one attached hydrogen (secondary N) is 2. The van der Waals surface area contributed by atoms with E-state index in [9.17, 15) is 14.0 Å². The number of nitrogens with zero attached hydrogens (tertiary/aromatic N) is 2. The van der Waals surface area contributed by atoms with Crippen LogP contribution in [0.4, 0.5) is 10.1 Å². The Morgan fingerprint density at radius 2 is 1.90 bits per heavy atom. The summed E-state index contributed by atoms with van der Waals surface area (Å²) in [4.78, 5) is 24.0. The highest BCUT2D eigenvalue weighted by molar-refractivity contribution is 7.13. The van der Waals surface area contributed by atoms with Crippen LogP contribution in [0.3, 0.4) is 0 Å². The van der Waals surface area contributed by atoms with Crippen LogP contribution in [0.15, 0.2) is 54.6 Å². The molecule has 0 saturated carbocycles. The molecular weight excluding hydrogens is 407 g/mol. The number of carbonyl (C=O) groups is 2. The first-order valence-corrected chi connectivity index (χ1v) is 10.2. The van der Waals surface area contributed by atoms with E-state index < -0.39 is 11.7 Å². The zero-order valence-electron chi connectivity index (χ0n) is 16.1. The van der Waals surface area contributed by atoms with Crippen molar-refractivity contribution in [1.29, 1.82) is 0 Å². The van der Waals surface area contributed by atoms with Gasteiger partial charge in [-0.1, -0.05) is 47.7 Å². The number of anilines is 1. The highest BCUT2D eigenvalue weighted by atomic mass is 32.1. The first-order valence-electron chi connectivity index (χ1n) is 9.38. The highest BCUT2D eigenvalue weighted by Crippen LogP contribution is 2.15. The van der Waals surface area contributed by atoms with E-state index >= 15 is 0 Å². The second kappa shape index (κ2) is 11.1. The molecule has 1 aromatic heterocycles. The van der Waals surface area contributed by atoms with Crippen molar-refractivity contribution in [2.75, 3.05) is 18.5 Å². The first kappa shape index (κ1) is 21.5. The van der Waals surface area contributed by atoms with E-state index in [1.165, 1.54) is 23.8 Å². The fourth-order valence-electron chi connectivity index (χ4n) is 2.60. The van der Waals surface area contributed by atoms with Gasteiger partial charge in [-0.3, -0.25) is 9.59 Å². The van der Waals surface area contributed by atoms with Crippen molar-refractivity contribution in [3.63, 3.8) is 0 Å². The summed E-state index contributed by atoms with van der Waals surface area (Å²) in [6.07, 6.45) is 1.74. The fraction of sp³-hybridized carbons (Fsp3) is 0.238. The zero-order chi connectivity index (χ0) is 21.2. The molecule has 0 fully saturated rings. The van der Waals surface area contributed by atoms with Gasteiger partial charge in [0.05, 0.1) is 0 Å². The summed E-state index contributed by atoms with van der Waals surface area (Å²) in [6, 6.07) is 15.6. The SMILES string of the molecule is O=C(COCc1nnc(C(=O)Nc2cccc(F)c2)s1)NCCCc1ccccc1. The fourth-order valence-corrected chi connectivity index (χ4v) is 3.27. The summed E-state index contributed by atoms with van der Waals surface area (Å²) >= 11 is 1.05. The van der Waals surface area contributed by atoms with Crippen molar-refractivity contribution in [3.8, 4) is 0 Å². The van der Waals surface area contributed by atoms with Crippen LogP contribution in [-0.2, 0) is 22.6 Å². The highest BCUT2D eigenvalue weighted by Gasteiger charge is 2.14. The molecule has 7 nitrogen and oxygen atoms in total. The lowest BCUT2D eigenvalue weighted by atomic mass is 10.1. The predicted octanol–water partition coefficient (Wildman–Crippen LogP) is 3.20. The number of carbonyl (C=O) groups excluding carboxylic acids is 2. The van der Waals surface area contributed by atoms with E-state index in [1.54, 1.807) is 6.07 Å². The number of aromatic nitrogens is 2. The van der Waals surface area contributed by atoms with Gasteiger partial charge in [-0.25, -0.2) is 4.39 Å². The van der Waals surface area contributed by atoms with E-state index in [-0.39, 0.29) is 24.1 Å². The molecule has 1 heterocycles. The second-order valence-corrected chi connectivity index (χ2v) is 7.46. The van der Waals surface area contributed by atoms with E-state index in [0.717, 1.165) is 24.2 Å². The standard InChI is InChI=1S/C21H21FN4O3S/c22-16-9-4-10-17(12-16)24-20(28)21-26-25-19(30-21)14-29-13-18(27)23-11-5-8-15-6-2-1-3-7-15/h1-4,6-7,9-10,12H,5,8,11,13-14H2,(H,23,27)(H,24,28). The monoisotopic (exact) mass is 428 g/mol. The van der Waals surface area contributed by atoms with Crippen LogP contribution in [-0.4, -0.2) is 35.2 Å². The Bertz CT molecular complexity index is 981. The number of benzene rings is 2. The molecule has 156 valence electrons. The van der Waals surface area contributed by atoms with Crippen LogP contribution in [0.1, 0.15) is 26.8 Å². The topological polar surface area (TPSA) is 93.2 Å². The maximum absolute atomic E-state index is 13.2. The molecule has 2 N–H and O–H groups in total. The van der Waals surface area contributed by atoms with E-state index in [0.29, 0.717) is 17.2 Å². The molecule has 9 heteroatoms. The molecule has 2 aromatic carbocycles. The summed E-state index contributed by atoms with van der Waals surface area (Å²) < 4.78 is 18.5. The minimum Gasteiger partial charge on any atom is -0.364 e. The van der Waals surface area contributed by atoms with Gasteiger partial charge in [0.2, 0.25) is 10.9 Å². The van der Waals surface area contributed by atoms with Gasteiger partial charge in [0, 0.05) is 12.2 Å². The smallest absolute Gasteiger partial charge is 0.286 e. The van der Waals surface area contributed by atoms with Crippen LogP contribution in [0.2, 0.25) is 0 Å². The van der Waals surface area contributed by atoms with Crippen LogP contribution in [0.5, 0.6) is 0 Å². The molecule has 0 spiro atoms. The Balaban J connectivity index is 1.33. The Morgan fingerprint density at radius 1 is 1.07 bits per heavy atom. The molecule has 30 heavy (non-hydrogen) atoms. The van der Waals surface area contributed by atoms with Crippen LogP contribution >= 0.6 is 11.3 Å². The quantitative estimate of drug-likeness (QED) is 0.484. The van der Waals surface area contributed by atoms with E-state index in [4.69, 9.17) is 4.74 Å². The molecule has 0 unspecified atom stereocenters. The second-order valence-electron chi connectivity index (χ2n) is 6.40. The van der Waals surface area contributed by atoms with Crippen molar-refractivity contribution in [1.82, 2.24) is 15.5 Å². The average molecular weight is 428 g/mol. The van der Waals surface area contributed by atoms with E-state index in [2.05, 4.69) is 33.0 Å². The van der Waals surface area contributed by atoms with Crippen molar-refractivity contribution >= 4 is 28.8 Å².